The molecule has 2 aliphatic rings. The summed E-state index contributed by atoms with van der Waals surface area (Å²) in [6.45, 7) is 2.43. The van der Waals surface area contributed by atoms with Gasteiger partial charge in [-0.3, -0.25) is 4.79 Å². The van der Waals surface area contributed by atoms with Crippen molar-refractivity contribution in [3.05, 3.63) is 94.5 Å². The molecule has 5 rings (SSSR count). The standard InChI is InChI=1S/C28H27N5O2/c29-17-19-4-1-7-24(14-19)32-28(35)33-13-3-8-26(33)21-5-2-6-22(15-21)27(34)31-25-10-9-20-11-12-30-18-23(20)16-25/h1-2,4-7,9-10,14-16,26,30H,3,8,11-13,18H2,(H,31,34)(H,32,35)/t26-/m1/s1. The molecular formula is C28H27N5O2. The Morgan fingerprint density at radius 1 is 0.971 bits per heavy atom. The van der Waals surface area contributed by atoms with E-state index in [0.29, 0.717) is 23.4 Å². The summed E-state index contributed by atoms with van der Waals surface area (Å²) in [4.78, 5) is 27.8. The van der Waals surface area contributed by atoms with E-state index < -0.39 is 0 Å². The molecule has 1 saturated heterocycles. The van der Waals surface area contributed by atoms with Crippen molar-refractivity contribution in [1.82, 2.24) is 10.2 Å². The number of hydrogen-bond acceptors (Lipinski definition) is 4. The van der Waals surface area contributed by atoms with Crippen LogP contribution in [0.4, 0.5) is 16.2 Å². The summed E-state index contributed by atoms with van der Waals surface area (Å²) in [7, 11) is 0. The molecule has 3 aromatic carbocycles. The van der Waals surface area contributed by atoms with Crippen LogP contribution in [-0.2, 0) is 13.0 Å². The van der Waals surface area contributed by atoms with Gasteiger partial charge in [0.2, 0.25) is 0 Å². The van der Waals surface area contributed by atoms with Crippen molar-refractivity contribution < 1.29 is 9.59 Å². The van der Waals surface area contributed by atoms with Crippen LogP contribution in [-0.4, -0.2) is 29.9 Å². The van der Waals surface area contributed by atoms with Crippen LogP contribution < -0.4 is 16.0 Å². The number of benzene rings is 3. The van der Waals surface area contributed by atoms with Crippen LogP contribution in [0.1, 0.15) is 51.5 Å². The van der Waals surface area contributed by atoms with Gasteiger partial charge in [0.15, 0.2) is 0 Å². The lowest BCUT2D eigenvalue weighted by Gasteiger charge is -2.25. The van der Waals surface area contributed by atoms with Crippen LogP contribution >= 0.6 is 0 Å². The molecule has 0 saturated carbocycles. The van der Waals surface area contributed by atoms with Crippen molar-refractivity contribution in [2.75, 3.05) is 23.7 Å². The lowest BCUT2D eigenvalue weighted by molar-refractivity contribution is 0.102. The Labute approximate surface area is 204 Å². The highest BCUT2D eigenvalue weighted by Gasteiger charge is 2.30. The Hall–Kier alpha value is -4.15. The molecule has 2 aliphatic heterocycles. The van der Waals surface area contributed by atoms with Gasteiger partial charge in [0.1, 0.15) is 0 Å². The first kappa shape index (κ1) is 22.6. The maximum atomic E-state index is 13.0. The lowest BCUT2D eigenvalue weighted by atomic mass is 10.00. The lowest BCUT2D eigenvalue weighted by Crippen LogP contribution is -2.34. The maximum absolute atomic E-state index is 13.0. The molecule has 3 N–H and O–H groups in total. The highest BCUT2D eigenvalue weighted by molar-refractivity contribution is 6.04. The van der Waals surface area contributed by atoms with Gasteiger partial charge in [0.05, 0.1) is 17.7 Å². The number of nitriles is 1. The first-order valence-corrected chi connectivity index (χ1v) is 11.9. The van der Waals surface area contributed by atoms with Crippen molar-refractivity contribution in [2.45, 2.75) is 31.8 Å². The largest absolute Gasteiger partial charge is 0.322 e. The third-order valence-corrected chi connectivity index (χ3v) is 6.64. The predicted molar refractivity (Wildman–Crippen MR) is 135 cm³/mol. The molecule has 0 aliphatic carbocycles. The quantitative estimate of drug-likeness (QED) is 0.514. The number of carbonyl (C=O) groups excluding carboxylic acids is 2. The molecule has 1 atom stereocenters. The van der Waals surface area contributed by atoms with Crippen LogP contribution in [0.3, 0.4) is 0 Å². The monoisotopic (exact) mass is 465 g/mol. The van der Waals surface area contributed by atoms with E-state index >= 15 is 0 Å². The van der Waals surface area contributed by atoms with Gasteiger partial charge < -0.3 is 20.9 Å². The van der Waals surface area contributed by atoms with E-state index in [4.69, 9.17) is 5.26 Å². The predicted octanol–water partition coefficient (Wildman–Crippen LogP) is 4.83. The Morgan fingerprint density at radius 3 is 2.71 bits per heavy atom. The van der Waals surface area contributed by atoms with Gasteiger partial charge in [0.25, 0.3) is 5.91 Å². The number of nitrogens with one attached hydrogen (secondary N) is 3. The third-order valence-electron chi connectivity index (χ3n) is 6.64. The van der Waals surface area contributed by atoms with E-state index in [2.05, 4.69) is 28.1 Å². The molecule has 0 radical (unpaired) electrons. The third kappa shape index (κ3) is 5.03. The normalized spacial score (nSPS) is 16.8. The van der Waals surface area contributed by atoms with Crippen LogP contribution in [0.15, 0.2) is 66.7 Å². The maximum Gasteiger partial charge on any atom is 0.322 e. The Bertz CT molecular complexity index is 1310. The van der Waals surface area contributed by atoms with Crippen molar-refractivity contribution in [2.24, 2.45) is 0 Å². The summed E-state index contributed by atoms with van der Waals surface area (Å²) >= 11 is 0. The zero-order chi connectivity index (χ0) is 24.2. The molecule has 35 heavy (non-hydrogen) atoms. The fourth-order valence-electron chi connectivity index (χ4n) is 4.87. The first-order chi connectivity index (χ1) is 17.1. The van der Waals surface area contributed by atoms with Crippen LogP contribution in [0, 0.1) is 11.3 Å². The molecular weight excluding hydrogens is 438 g/mol. The van der Waals surface area contributed by atoms with Gasteiger partial charge in [-0.05, 0) is 85.0 Å². The number of amides is 3. The van der Waals surface area contributed by atoms with Crippen molar-refractivity contribution in [3.63, 3.8) is 0 Å². The minimum Gasteiger partial charge on any atom is -0.322 e. The molecule has 0 bridgehead atoms. The number of likely N-dealkylation sites (tertiary alicyclic amines) is 1. The summed E-state index contributed by atoms with van der Waals surface area (Å²) in [5.41, 5.74) is 5.91. The zero-order valence-electron chi connectivity index (χ0n) is 19.4. The molecule has 176 valence electrons. The average molecular weight is 466 g/mol. The molecule has 3 amide bonds. The highest BCUT2D eigenvalue weighted by atomic mass is 16.2. The number of nitrogens with zero attached hydrogens (tertiary/aromatic N) is 2. The zero-order valence-corrected chi connectivity index (χ0v) is 19.4. The minimum absolute atomic E-state index is 0.114. The Balaban J connectivity index is 1.29. The molecule has 3 aromatic rings. The topological polar surface area (TPSA) is 97.3 Å². The number of fused-ring (bicyclic) bond motifs is 1. The molecule has 7 nitrogen and oxygen atoms in total. The second-order valence-electron chi connectivity index (χ2n) is 8.96. The van der Waals surface area contributed by atoms with Gasteiger partial charge in [0, 0.05) is 30.0 Å². The second kappa shape index (κ2) is 10.00. The molecule has 7 heteroatoms. The summed E-state index contributed by atoms with van der Waals surface area (Å²) < 4.78 is 0. The number of hydrogen-bond donors (Lipinski definition) is 3. The summed E-state index contributed by atoms with van der Waals surface area (Å²) in [6.07, 6.45) is 2.71. The second-order valence-corrected chi connectivity index (χ2v) is 8.96. The van der Waals surface area contributed by atoms with E-state index in [1.54, 1.807) is 35.2 Å². The number of rotatable bonds is 4. The van der Waals surface area contributed by atoms with Gasteiger partial charge in [-0.15, -0.1) is 0 Å². The van der Waals surface area contributed by atoms with Crippen molar-refractivity contribution in [3.8, 4) is 6.07 Å². The van der Waals surface area contributed by atoms with Crippen LogP contribution in [0.5, 0.6) is 0 Å². The van der Waals surface area contributed by atoms with Crippen molar-refractivity contribution in [1.29, 1.82) is 5.26 Å². The first-order valence-electron chi connectivity index (χ1n) is 11.9. The SMILES string of the molecule is N#Cc1cccc(NC(=O)N2CCC[C@@H]2c2cccc(C(=O)Nc3ccc4c(c3)CNCC4)c2)c1. The number of carbonyl (C=O) groups is 2. The Morgan fingerprint density at radius 2 is 1.83 bits per heavy atom. The smallest absolute Gasteiger partial charge is 0.322 e. The van der Waals surface area contributed by atoms with E-state index in [1.807, 2.05) is 30.3 Å². The molecule has 0 unspecified atom stereocenters. The van der Waals surface area contributed by atoms with Crippen LogP contribution in [0.25, 0.3) is 0 Å². The number of anilines is 2. The summed E-state index contributed by atoms with van der Waals surface area (Å²) in [5, 5.41) is 18.4. The minimum atomic E-state index is -0.208. The Kier molecular flexibility index (Phi) is 6.47. The number of urea groups is 1. The molecule has 0 spiro atoms. The van der Waals surface area contributed by atoms with Gasteiger partial charge >= 0.3 is 6.03 Å². The molecule has 1 fully saturated rings. The summed E-state index contributed by atoms with van der Waals surface area (Å²) in [6, 6.07) is 22.2. The fraction of sp³-hybridized carbons (Fsp3) is 0.250. The van der Waals surface area contributed by atoms with Crippen LogP contribution in [0.2, 0.25) is 0 Å². The van der Waals surface area contributed by atoms with E-state index in [1.165, 1.54) is 11.1 Å². The van der Waals surface area contributed by atoms with E-state index in [9.17, 15) is 9.59 Å². The van der Waals surface area contributed by atoms with E-state index in [0.717, 1.165) is 43.6 Å². The average Bonchev–Trinajstić information content (AvgIpc) is 3.39. The van der Waals surface area contributed by atoms with Crippen molar-refractivity contribution >= 4 is 23.3 Å². The molecule has 2 heterocycles. The fourth-order valence-corrected chi connectivity index (χ4v) is 4.87. The highest BCUT2D eigenvalue weighted by Crippen LogP contribution is 2.33. The molecule has 0 aromatic heterocycles. The van der Waals surface area contributed by atoms with Gasteiger partial charge in [-0.25, -0.2) is 4.79 Å². The van der Waals surface area contributed by atoms with Gasteiger partial charge in [-0.2, -0.15) is 5.26 Å². The summed E-state index contributed by atoms with van der Waals surface area (Å²) in [5.74, 6) is -0.169. The van der Waals surface area contributed by atoms with E-state index in [-0.39, 0.29) is 18.0 Å². The van der Waals surface area contributed by atoms with Gasteiger partial charge in [-0.1, -0.05) is 24.3 Å².